The zero-order chi connectivity index (χ0) is 29.6. The van der Waals surface area contributed by atoms with Crippen molar-refractivity contribution in [2.24, 2.45) is 0 Å². The number of methoxy groups -OCH3 is 1. The van der Waals surface area contributed by atoms with Crippen LogP contribution in [-0.2, 0) is 69.2 Å². The summed E-state index contributed by atoms with van der Waals surface area (Å²) in [7, 11) is -15.5. The quantitative estimate of drug-likeness (QED) is 0.146. The lowest BCUT2D eigenvalue weighted by Gasteiger charge is -2.43. The Morgan fingerprint density at radius 1 is 0.897 bits per heavy atom. The molecule has 1 aromatic carbocycles. The zero-order valence-corrected chi connectivity index (χ0v) is 22.8. The second-order valence-corrected chi connectivity index (χ2v) is 11.2. The summed E-state index contributed by atoms with van der Waals surface area (Å²) >= 11 is 5.84. The van der Waals surface area contributed by atoms with E-state index in [0.29, 0.717) is 10.6 Å². The summed E-state index contributed by atoms with van der Waals surface area (Å²) in [5, 5.41) is 4.89. The molecule has 1 aromatic rings. The van der Waals surface area contributed by atoms with Gasteiger partial charge in [0.1, 0.15) is 18.3 Å². The number of benzene rings is 1. The Hall–Kier alpha value is -2.02. The van der Waals surface area contributed by atoms with Crippen molar-refractivity contribution in [2.75, 3.05) is 20.2 Å². The van der Waals surface area contributed by atoms with E-state index in [9.17, 15) is 34.8 Å². The van der Waals surface area contributed by atoms with Crippen molar-refractivity contribution in [3.05, 3.63) is 34.9 Å². The molecular formula is C17H23ClN2O16S3. The standard InChI is InChI=1S/C17H23ClN2O16S3/c1-32-17-16(36-39(29,30)31)15(35-38(26,27)28)14(34-37(23,24)25)11(33-17)7-19-13(22)8-20-12(21)6-9-3-2-4-10(18)5-9/h2-5,11,14-17H,6-8H2,1H3,(H,19,22)(H,20,21)(H,23,24,25)(H,26,27,28)(H,29,30,31)/t11-,14-,15+,16+,17+/m1/s1. The first kappa shape index (κ1) is 33.2. The summed E-state index contributed by atoms with van der Waals surface area (Å²) < 4.78 is 118. The molecule has 5 N–H and O–H groups in total. The molecule has 0 aliphatic carbocycles. The van der Waals surface area contributed by atoms with Crippen LogP contribution in [0.25, 0.3) is 0 Å². The van der Waals surface area contributed by atoms with Gasteiger partial charge in [-0.05, 0) is 17.7 Å². The molecule has 0 spiro atoms. The minimum atomic E-state index is -5.50. The highest BCUT2D eigenvalue weighted by molar-refractivity contribution is 7.81. The normalized spacial score (nSPS) is 24.2. The number of hydrogen-bond acceptors (Lipinski definition) is 13. The van der Waals surface area contributed by atoms with Crippen LogP contribution in [0.4, 0.5) is 0 Å². The van der Waals surface area contributed by atoms with Gasteiger partial charge in [-0.1, -0.05) is 23.7 Å². The number of ether oxygens (including phenoxy) is 2. The van der Waals surface area contributed by atoms with Crippen LogP contribution >= 0.6 is 11.6 Å². The van der Waals surface area contributed by atoms with Gasteiger partial charge in [0.25, 0.3) is 0 Å². The number of halogens is 1. The molecule has 1 heterocycles. The number of nitrogens with one attached hydrogen (secondary N) is 2. The van der Waals surface area contributed by atoms with Crippen LogP contribution in [0.3, 0.4) is 0 Å². The lowest BCUT2D eigenvalue weighted by molar-refractivity contribution is -0.273. The van der Waals surface area contributed by atoms with Gasteiger partial charge in [-0.3, -0.25) is 23.2 Å². The van der Waals surface area contributed by atoms with E-state index >= 15 is 0 Å². The fraction of sp³-hybridized carbons (Fsp3) is 0.529. The molecule has 1 fully saturated rings. The lowest BCUT2D eigenvalue weighted by atomic mass is 9.99. The summed E-state index contributed by atoms with van der Waals surface area (Å²) in [5.41, 5.74) is 0.554. The van der Waals surface area contributed by atoms with Crippen molar-refractivity contribution in [1.29, 1.82) is 0 Å². The highest BCUT2D eigenvalue weighted by Gasteiger charge is 2.53. The number of carbonyl (C=O) groups excluding carboxylic acids is 2. The molecule has 39 heavy (non-hydrogen) atoms. The molecule has 0 bridgehead atoms. The molecule has 222 valence electrons. The predicted molar refractivity (Wildman–Crippen MR) is 126 cm³/mol. The van der Waals surface area contributed by atoms with E-state index in [4.69, 9.17) is 34.7 Å². The van der Waals surface area contributed by atoms with Crippen LogP contribution in [0.5, 0.6) is 0 Å². The Morgan fingerprint density at radius 2 is 1.46 bits per heavy atom. The van der Waals surface area contributed by atoms with Crippen molar-refractivity contribution >= 4 is 54.6 Å². The van der Waals surface area contributed by atoms with Crippen molar-refractivity contribution in [3.63, 3.8) is 0 Å². The van der Waals surface area contributed by atoms with Gasteiger partial charge in [-0.2, -0.15) is 25.3 Å². The summed E-state index contributed by atoms with van der Waals surface area (Å²) in [6, 6.07) is 6.37. The molecule has 1 aliphatic rings. The Kier molecular flexibility index (Phi) is 11.5. The average molecular weight is 643 g/mol. The lowest BCUT2D eigenvalue weighted by Crippen LogP contribution is -2.63. The smallest absolute Gasteiger partial charge is 0.353 e. The first-order valence-electron chi connectivity index (χ1n) is 10.3. The third-order valence-electron chi connectivity index (χ3n) is 4.72. The largest absolute Gasteiger partial charge is 0.397 e. The maximum absolute atomic E-state index is 12.3. The molecule has 1 saturated heterocycles. The highest BCUT2D eigenvalue weighted by Crippen LogP contribution is 2.31. The molecule has 2 rings (SSSR count). The van der Waals surface area contributed by atoms with Crippen LogP contribution in [0.15, 0.2) is 24.3 Å². The van der Waals surface area contributed by atoms with Gasteiger partial charge in [0, 0.05) is 18.7 Å². The highest BCUT2D eigenvalue weighted by atomic mass is 35.5. The van der Waals surface area contributed by atoms with E-state index in [1.807, 2.05) is 0 Å². The maximum Gasteiger partial charge on any atom is 0.397 e. The van der Waals surface area contributed by atoms with Crippen molar-refractivity contribution in [2.45, 2.75) is 37.1 Å². The minimum absolute atomic E-state index is 0.122. The van der Waals surface area contributed by atoms with Gasteiger partial charge in [0.2, 0.25) is 11.8 Å². The first-order chi connectivity index (χ1) is 17.9. The van der Waals surface area contributed by atoms with Crippen molar-refractivity contribution in [3.8, 4) is 0 Å². The predicted octanol–water partition coefficient (Wildman–Crippen LogP) is -1.95. The van der Waals surface area contributed by atoms with Crippen LogP contribution in [0, 0.1) is 0 Å². The molecule has 22 heteroatoms. The maximum atomic E-state index is 12.3. The zero-order valence-electron chi connectivity index (χ0n) is 19.6. The second kappa shape index (κ2) is 13.6. The van der Waals surface area contributed by atoms with E-state index in [2.05, 4.69) is 23.2 Å². The van der Waals surface area contributed by atoms with Gasteiger partial charge < -0.3 is 20.1 Å². The average Bonchev–Trinajstić information content (AvgIpc) is 2.76. The van der Waals surface area contributed by atoms with Gasteiger partial charge in [-0.15, -0.1) is 0 Å². The minimum Gasteiger partial charge on any atom is -0.353 e. The third-order valence-corrected chi connectivity index (χ3v) is 6.35. The summed E-state index contributed by atoms with van der Waals surface area (Å²) in [6.07, 6.45) is -11.0. The molecule has 5 atom stereocenters. The topological polar surface area (TPSA) is 267 Å². The Morgan fingerprint density at radius 3 is 2.00 bits per heavy atom. The molecule has 0 radical (unpaired) electrons. The monoisotopic (exact) mass is 642 g/mol. The van der Waals surface area contributed by atoms with Crippen molar-refractivity contribution in [1.82, 2.24) is 10.6 Å². The summed E-state index contributed by atoms with van der Waals surface area (Å²) in [4.78, 5) is 24.3. The van der Waals surface area contributed by atoms with E-state index < -0.39 is 86.8 Å². The summed E-state index contributed by atoms with van der Waals surface area (Å²) in [5.74, 6) is -1.44. The molecule has 18 nitrogen and oxygen atoms in total. The molecule has 0 aromatic heterocycles. The fourth-order valence-electron chi connectivity index (χ4n) is 3.33. The third kappa shape index (κ3) is 11.9. The fourth-order valence-corrected chi connectivity index (χ4v) is 5.04. The second-order valence-electron chi connectivity index (χ2n) is 7.63. The van der Waals surface area contributed by atoms with Gasteiger partial charge >= 0.3 is 31.2 Å². The van der Waals surface area contributed by atoms with Crippen molar-refractivity contribution < 1.29 is 70.5 Å². The molecule has 1 aliphatic heterocycles. The van der Waals surface area contributed by atoms with E-state index in [0.717, 1.165) is 7.11 Å². The van der Waals surface area contributed by atoms with E-state index in [1.54, 1.807) is 18.2 Å². The number of carbonyl (C=O) groups is 2. The molecule has 2 amide bonds. The molecule has 0 unspecified atom stereocenters. The number of amides is 2. The van der Waals surface area contributed by atoms with Gasteiger partial charge in [-0.25, -0.2) is 12.5 Å². The van der Waals surface area contributed by atoms with E-state index in [-0.39, 0.29) is 6.42 Å². The van der Waals surface area contributed by atoms with Crippen LogP contribution < -0.4 is 10.6 Å². The Bertz CT molecular complexity index is 1350. The number of hydrogen-bond donors (Lipinski definition) is 5. The van der Waals surface area contributed by atoms with E-state index in [1.165, 1.54) is 6.07 Å². The number of rotatable bonds is 13. The van der Waals surface area contributed by atoms with Gasteiger partial charge in [0.05, 0.1) is 13.0 Å². The Labute approximate surface area is 227 Å². The van der Waals surface area contributed by atoms with Crippen LogP contribution in [0.1, 0.15) is 5.56 Å². The SMILES string of the molecule is CO[C@H]1O[C@H](CNC(=O)CNC(=O)Cc2cccc(Cl)c2)[C@@H](OS(=O)(=O)O)[C@H](OS(=O)(=O)O)[C@@H]1OS(=O)(=O)O. The Balaban J connectivity index is 2.18. The van der Waals surface area contributed by atoms with Crippen LogP contribution in [0.2, 0.25) is 5.02 Å². The summed E-state index contributed by atoms with van der Waals surface area (Å²) in [6.45, 7) is -1.34. The first-order valence-corrected chi connectivity index (χ1v) is 14.8. The molecule has 0 saturated carbocycles. The molecular weight excluding hydrogens is 620 g/mol. The van der Waals surface area contributed by atoms with Gasteiger partial charge in [0.15, 0.2) is 12.4 Å². The van der Waals surface area contributed by atoms with Crippen LogP contribution in [-0.4, -0.2) is 102 Å².